The lowest BCUT2D eigenvalue weighted by atomic mass is 10.1. The fourth-order valence-corrected chi connectivity index (χ4v) is 3.06. The van der Waals surface area contributed by atoms with Gasteiger partial charge in [0.05, 0.1) is 5.52 Å². The summed E-state index contributed by atoms with van der Waals surface area (Å²) in [6.07, 6.45) is 6.96. The van der Waals surface area contributed by atoms with Crippen LogP contribution in [0.25, 0.3) is 5.52 Å². The van der Waals surface area contributed by atoms with E-state index in [1.807, 2.05) is 23.1 Å². The quantitative estimate of drug-likeness (QED) is 0.858. The van der Waals surface area contributed by atoms with E-state index in [9.17, 15) is 9.59 Å². The maximum Gasteiger partial charge on any atom is 0.290 e. The van der Waals surface area contributed by atoms with Gasteiger partial charge in [0.25, 0.3) is 11.8 Å². The number of likely N-dealkylation sites (tertiary alicyclic amines) is 1. The van der Waals surface area contributed by atoms with Crippen LogP contribution in [-0.4, -0.2) is 45.7 Å². The second kappa shape index (κ2) is 7.47. The van der Waals surface area contributed by atoms with Crippen LogP contribution in [0.2, 0.25) is 0 Å². The highest BCUT2D eigenvalue weighted by atomic mass is 16.2. The zero-order valence-corrected chi connectivity index (χ0v) is 14.1. The normalized spacial score (nSPS) is 14.8. The molecule has 2 aromatic rings. The fraction of sp³-hybridized carbons (Fsp3) is 0.500. The Balaban J connectivity index is 1.91. The van der Waals surface area contributed by atoms with Crippen LogP contribution in [0.15, 0.2) is 24.4 Å². The molecule has 1 aliphatic rings. The molecule has 1 saturated heterocycles. The van der Waals surface area contributed by atoms with E-state index >= 15 is 0 Å². The summed E-state index contributed by atoms with van der Waals surface area (Å²) in [5.74, 6) is 0.0153. The number of nitrogens with zero attached hydrogens (tertiary/aromatic N) is 3. The molecule has 0 spiro atoms. The molecular formula is C18H24N4O2. The van der Waals surface area contributed by atoms with Crippen molar-refractivity contribution in [3.63, 3.8) is 0 Å². The highest BCUT2D eigenvalue weighted by Crippen LogP contribution is 2.17. The van der Waals surface area contributed by atoms with Crippen LogP contribution < -0.4 is 5.32 Å². The van der Waals surface area contributed by atoms with Crippen LogP contribution in [0, 0.1) is 0 Å². The number of hydrogen-bond donors (Lipinski definition) is 1. The predicted octanol–water partition coefficient (Wildman–Crippen LogP) is 2.49. The summed E-state index contributed by atoms with van der Waals surface area (Å²) in [4.78, 5) is 31.5. The van der Waals surface area contributed by atoms with Crippen LogP contribution in [0.4, 0.5) is 0 Å². The van der Waals surface area contributed by atoms with E-state index in [-0.39, 0.29) is 11.8 Å². The predicted molar refractivity (Wildman–Crippen MR) is 92.2 cm³/mol. The first-order chi connectivity index (χ1) is 11.7. The van der Waals surface area contributed by atoms with Gasteiger partial charge in [0.1, 0.15) is 0 Å². The van der Waals surface area contributed by atoms with Gasteiger partial charge < -0.3 is 10.2 Å². The molecule has 0 unspecified atom stereocenters. The first kappa shape index (κ1) is 16.5. The number of fused-ring (bicyclic) bond motifs is 1. The van der Waals surface area contributed by atoms with Crippen molar-refractivity contribution in [1.29, 1.82) is 0 Å². The molecule has 3 heterocycles. The van der Waals surface area contributed by atoms with E-state index in [0.717, 1.165) is 45.2 Å². The van der Waals surface area contributed by atoms with E-state index in [0.29, 0.717) is 23.6 Å². The molecule has 0 aromatic carbocycles. The second-order valence-corrected chi connectivity index (χ2v) is 6.20. The molecule has 1 aliphatic heterocycles. The van der Waals surface area contributed by atoms with E-state index in [1.165, 1.54) is 0 Å². The minimum absolute atomic E-state index is 0.0940. The molecule has 2 amide bonds. The number of hydrogen-bond acceptors (Lipinski definition) is 3. The van der Waals surface area contributed by atoms with Crippen molar-refractivity contribution in [3.8, 4) is 0 Å². The minimum atomic E-state index is -0.218. The van der Waals surface area contributed by atoms with Crippen LogP contribution in [0.5, 0.6) is 0 Å². The number of unbranched alkanes of at least 4 members (excludes halogenated alkanes) is 1. The maximum atomic E-state index is 12.8. The first-order valence-electron chi connectivity index (χ1n) is 8.77. The average molecular weight is 328 g/mol. The first-order valence-corrected chi connectivity index (χ1v) is 8.77. The summed E-state index contributed by atoms with van der Waals surface area (Å²) in [5, 5.41) is 2.88. The Kier molecular flexibility index (Phi) is 5.13. The third-order valence-electron chi connectivity index (χ3n) is 4.41. The third-order valence-corrected chi connectivity index (χ3v) is 4.41. The second-order valence-electron chi connectivity index (χ2n) is 6.20. The van der Waals surface area contributed by atoms with E-state index in [2.05, 4.69) is 17.2 Å². The average Bonchev–Trinajstić information content (AvgIpc) is 3.02. The molecule has 2 aromatic heterocycles. The van der Waals surface area contributed by atoms with Gasteiger partial charge in [-0.2, -0.15) is 0 Å². The lowest BCUT2D eigenvalue weighted by molar-refractivity contribution is 0.0711. The number of aromatic nitrogens is 2. The molecule has 0 bridgehead atoms. The topological polar surface area (TPSA) is 66.7 Å². The molecule has 0 aliphatic carbocycles. The summed E-state index contributed by atoms with van der Waals surface area (Å²) in [7, 11) is 0. The molecule has 3 rings (SSSR count). The zero-order valence-electron chi connectivity index (χ0n) is 14.1. The number of nitrogens with one attached hydrogen (secondary N) is 1. The summed E-state index contributed by atoms with van der Waals surface area (Å²) in [6, 6.07) is 5.53. The standard InChI is InChI=1S/C18H24N4O2/c1-2-3-10-19-17(23)15-14-9-5-8-13-22(14)16(20-15)18(24)21-11-6-4-7-12-21/h5,8-9,13H,2-4,6-7,10-12H2,1H3,(H,19,23). The number of carbonyl (C=O) groups is 2. The molecule has 0 radical (unpaired) electrons. The van der Waals surface area contributed by atoms with Crippen LogP contribution in [0.3, 0.4) is 0 Å². The van der Waals surface area contributed by atoms with Crippen molar-refractivity contribution in [2.45, 2.75) is 39.0 Å². The lowest BCUT2D eigenvalue weighted by Crippen LogP contribution is -2.36. The monoisotopic (exact) mass is 328 g/mol. The van der Waals surface area contributed by atoms with Gasteiger partial charge in [0.15, 0.2) is 5.69 Å². The van der Waals surface area contributed by atoms with Crippen molar-refractivity contribution < 1.29 is 9.59 Å². The zero-order chi connectivity index (χ0) is 16.9. The SMILES string of the molecule is CCCCNC(=O)c1nc(C(=O)N2CCCCC2)n2ccccc12. The number of rotatable bonds is 5. The molecule has 6 heteroatoms. The molecule has 24 heavy (non-hydrogen) atoms. The number of piperidine rings is 1. The lowest BCUT2D eigenvalue weighted by Gasteiger charge is -2.25. The highest BCUT2D eigenvalue weighted by molar-refractivity contribution is 6.02. The summed E-state index contributed by atoms with van der Waals surface area (Å²) < 4.78 is 1.73. The van der Waals surface area contributed by atoms with Crippen LogP contribution >= 0.6 is 0 Å². The van der Waals surface area contributed by atoms with E-state index < -0.39 is 0 Å². The van der Waals surface area contributed by atoms with Gasteiger partial charge in [-0.3, -0.25) is 14.0 Å². The van der Waals surface area contributed by atoms with Crippen LogP contribution in [-0.2, 0) is 0 Å². The van der Waals surface area contributed by atoms with Crippen molar-refractivity contribution in [3.05, 3.63) is 35.9 Å². The summed E-state index contributed by atoms with van der Waals surface area (Å²) >= 11 is 0. The molecule has 0 atom stereocenters. The Labute approximate surface area is 141 Å². The Morgan fingerprint density at radius 2 is 2.00 bits per heavy atom. The molecule has 128 valence electrons. The van der Waals surface area contributed by atoms with Crippen molar-refractivity contribution in [1.82, 2.24) is 19.6 Å². The van der Waals surface area contributed by atoms with Gasteiger partial charge in [-0.15, -0.1) is 0 Å². The molecule has 0 saturated carbocycles. The van der Waals surface area contributed by atoms with E-state index in [1.54, 1.807) is 10.6 Å². The van der Waals surface area contributed by atoms with Gasteiger partial charge in [-0.25, -0.2) is 4.98 Å². The van der Waals surface area contributed by atoms with Crippen molar-refractivity contribution in [2.24, 2.45) is 0 Å². The third kappa shape index (κ3) is 3.27. The molecular weight excluding hydrogens is 304 g/mol. The molecule has 1 fully saturated rings. The van der Waals surface area contributed by atoms with Gasteiger partial charge in [-0.05, 0) is 37.8 Å². The van der Waals surface area contributed by atoms with Gasteiger partial charge in [0, 0.05) is 25.8 Å². The molecule has 6 nitrogen and oxygen atoms in total. The van der Waals surface area contributed by atoms with Crippen molar-refractivity contribution >= 4 is 17.3 Å². The number of imidazole rings is 1. The fourth-order valence-electron chi connectivity index (χ4n) is 3.06. The number of amides is 2. The maximum absolute atomic E-state index is 12.8. The summed E-state index contributed by atoms with van der Waals surface area (Å²) in [6.45, 7) is 4.22. The Bertz CT molecular complexity index is 732. The largest absolute Gasteiger partial charge is 0.351 e. The minimum Gasteiger partial charge on any atom is -0.351 e. The Hall–Kier alpha value is -2.37. The Morgan fingerprint density at radius 1 is 1.21 bits per heavy atom. The van der Waals surface area contributed by atoms with Gasteiger partial charge >= 0.3 is 0 Å². The van der Waals surface area contributed by atoms with Gasteiger partial charge in [-0.1, -0.05) is 19.4 Å². The Morgan fingerprint density at radius 3 is 2.75 bits per heavy atom. The van der Waals surface area contributed by atoms with Crippen LogP contribution in [0.1, 0.15) is 60.1 Å². The van der Waals surface area contributed by atoms with E-state index in [4.69, 9.17) is 0 Å². The van der Waals surface area contributed by atoms with Gasteiger partial charge in [0.2, 0.25) is 5.82 Å². The smallest absolute Gasteiger partial charge is 0.290 e. The number of carbonyl (C=O) groups excluding carboxylic acids is 2. The highest BCUT2D eigenvalue weighted by Gasteiger charge is 2.25. The molecule has 1 N–H and O–H groups in total. The number of pyridine rings is 1. The van der Waals surface area contributed by atoms with Crippen molar-refractivity contribution in [2.75, 3.05) is 19.6 Å². The summed E-state index contributed by atoms with van der Waals surface area (Å²) in [5.41, 5.74) is 0.999.